The summed E-state index contributed by atoms with van der Waals surface area (Å²) in [5.41, 5.74) is 6.31. The highest BCUT2D eigenvalue weighted by Gasteiger charge is 1.82. The third-order valence-electron chi connectivity index (χ3n) is 0.910. The molecule has 1 heterocycles. The fourth-order valence-corrected chi connectivity index (χ4v) is 0.564. The average molecular weight is 106 g/mol. The molecule has 0 unspecified atom stereocenters. The molecule has 1 aromatic heterocycles. The van der Waals surface area contributed by atoms with Gasteiger partial charge in [0.15, 0.2) is 7.85 Å². The lowest BCUT2D eigenvalue weighted by Gasteiger charge is -1.90. The second-order valence-corrected chi connectivity index (χ2v) is 1.70. The number of nitrogens with zero attached hydrogens (tertiary/aromatic N) is 1. The Morgan fingerprint density at radius 3 is 2.62 bits per heavy atom. The molecule has 0 radical (unpaired) electrons. The standard InChI is InChI=1S/C5H7BN2/c6-4-2-1-3-5(7)8-4/h1-3H,6H2,(H2,7,8). The molecule has 0 aliphatic rings. The zero-order valence-corrected chi connectivity index (χ0v) is 4.76. The molecule has 0 bridgehead atoms. The van der Waals surface area contributed by atoms with E-state index in [9.17, 15) is 0 Å². The van der Waals surface area contributed by atoms with Gasteiger partial charge in [0, 0.05) is 0 Å². The Labute approximate surface area is 49.1 Å². The monoisotopic (exact) mass is 106 g/mol. The highest BCUT2D eigenvalue weighted by molar-refractivity contribution is 6.30. The minimum Gasteiger partial charge on any atom is -0.384 e. The van der Waals surface area contributed by atoms with E-state index in [1.807, 2.05) is 20.0 Å². The number of rotatable bonds is 0. The first-order chi connectivity index (χ1) is 3.79. The van der Waals surface area contributed by atoms with E-state index in [-0.39, 0.29) is 0 Å². The van der Waals surface area contributed by atoms with Crippen molar-refractivity contribution in [2.24, 2.45) is 0 Å². The number of hydrogen-bond donors (Lipinski definition) is 1. The second kappa shape index (κ2) is 1.86. The number of pyridine rings is 1. The number of aromatic nitrogens is 1. The number of nitrogen functional groups attached to an aromatic ring is 1. The first-order valence-corrected chi connectivity index (χ1v) is 2.48. The van der Waals surface area contributed by atoms with Gasteiger partial charge in [-0.25, -0.2) is 4.98 Å². The van der Waals surface area contributed by atoms with Gasteiger partial charge in [-0.3, -0.25) is 0 Å². The van der Waals surface area contributed by atoms with Crippen LogP contribution in [0.3, 0.4) is 0 Å². The Hall–Kier alpha value is -0.985. The SMILES string of the molecule is Bc1cccc(N)n1. The highest BCUT2D eigenvalue weighted by atomic mass is 14.8. The summed E-state index contributed by atoms with van der Waals surface area (Å²) in [6, 6.07) is 5.57. The fourth-order valence-electron chi connectivity index (χ4n) is 0.564. The maximum absolute atomic E-state index is 5.35. The molecule has 1 rings (SSSR count). The Kier molecular flexibility index (Phi) is 1.20. The van der Waals surface area contributed by atoms with Crippen LogP contribution >= 0.6 is 0 Å². The molecule has 0 amide bonds. The Morgan fingerprint density at radius 2 is 2.25 bits per heavy atom. The smallest absolute Gasteiger partial charge is 0.164 e. The van der Waals surface area contributed by atoms with Gasteiger partial charge in [-0.15, -0.1) is 0 Å². The minimum atomic E-state index is 0.588. The van der Waals surface area contributed by atoms with Crippen molar-refractivity contribution in [2.45, 2.75) is 0 Å². The van der Waals surface area contributed by atoms with Crippen LogP contribution < -0.4 is 11.3 Å². The molecular formula is C5H7BN2. The van der Waals surface area contributed by atoms with Crippen LogP contribution in [-0.4, -0.2) is 12.8 Å². The summed E-state index contributed by atoms with van der Waals surface area (Å²) in [6.07, 6.45) is 0. The van der Waals surface area contributed by atoms with Crippen molar-refractivity contribution in [1.29, 1.82) is 0 Å². The summed E-state index contributed by atoms with van der Waals surface area (Å²) in [4.78, 5) is 3.95. The van der Waals surface area contributed by atoms with Crippen molar-refractivity contribution in [2.75, 3.05) is 5.73 Å². The topological polar surface area (TPSA) is 38.9 Å². The zero-order valence-electron chi connectivity index (χ0n) is 4.76. The predicted octanol–water partition coefficient (Wildman–Crippen LogP) is -1.08. The quantitative estimate of drug-likeness (QED) is 0.427. The Bertz CT molecular complexity index is 170. The Morgan fingerprint density at radius 1 is 1.50 bits per heavy atom. The summed E-state index contributed by atoms with van der Waals surface area (Å²) < 4.78 is 0. The van der Waals surface area contributed by atoms with Crippen molar-refractivity contribution in [3.63, 3.8) is 0 Å². The fraction of sp³-hybridized carbons (Fsp3) is 0. The molecule has 0 atom stereocenters. The first-order valence-electron chi connectivity index (χ1n) is 2.48. The molecule has 2 nitrogen and oxygen atoms in total. The third kappa shape index (κ3) is 0.995. The third-order valence-corrected chi connectivity index (χ3v) is 0.910. The molecule has 2 N–H and O–H groups in total. The predicted molar refractivity (Wildman–Crippen MR) is 36.8 cm³/mol. The van der Waals surface area contributed by atoms with Crippen molar-refractivity contribution in [3.05, 3.63) is 18.2 Å². The van der Waals surface area contributed by atoms with Crippen LogP contribution in [0, 0.1) is 0 Å². The van der Waals surface area contributed by atoms with Gasteiger partial charge in [-0.1, -0.05) is 12.1 Å². The van der Waals surface area contributed by atoms with E-state index < -0.39 is 0 Å². The summed E-state index contributed by atoms with van der Waals surface area (Å²) in [5.74, 6) is 0.588. The molecule has 0 saturated carbocycles. The van der Waals surface area contributed by atoms with Crippen LogP contribution in [0.2, 0.25) is 0 Å². The van der Waals surface area contributed by atoms with Gasteiger partial charge in [0.25, 0.3) is 0 Å². The molecule has 0 aliphatic carbocycles. The van der Waals surface area contributed by atoms with Crippen molar-refractivity contribution in [1.82, 2.24) is 4.98 Å². The number of anilines is 1. The molecule has 40 valence electrons. The van der Waals surface area contributed by atoms with Crippen LogP contribution in [0.1, 0.15) is 0 Å². The largest absolute Gasteiger partial charge is 0.384 e. The van der Waals surface area contributed by atoms with Crippen LogP contribution in [0.5, 0.6) is 0 Å². The van der Waals surface area contributed by atoms with E-state index >= 15 is 0 Å². The molecule has 8 heavy (non-hydrogen) atoms. The van der Waals surface area contributed by atoms with E-state index in [0.717, 1.165) is 5.59 Å². The highest BCUT2D eigenvalue weighted by Crippen LogP contribution is 1.87. The van der Waals surface area contributed by atoms with Gasteiger partial charge >= 0.3 is 0 Å². The lowest BCUT2D eigenvalue weighted by molar-refractivity contribution is 1.39. The van der Waals surface area contributed by atoms with Crippen LogP contribution in [0.4, 0.5) is 5.82 Å². The van der Waals surface area contributed by atoms with E-state index in [2.05, 4.69) is 4.98 Å². The lowest BCUT2D eigenvalue weighted by Crippen LogP contribution is -2.08. The van der Waals surface area contributed by atoms with E-state index in [1.165, 1.54) is 0 Å². The second-order valence-electron chi connectivity index (χ2n) is 1.70. The molecule has 0 aliphatic heterocycles. The lowest BCUT2D eigenvalue weighted by atomic mass is 10.0. The van der Waals surface area contributed by atoms with Gasteiger partial charge < -0.3 is 5.73 Å². The van der Waals surface area contributed by atoms with Gasteiger partial charge in [0.1, 0.15) is 5.82 Å². The molecule has 3 heteroatoms. The number of hydrogen-bond acceptors (Lipinski definition) is 2. The van der Waals surface area contributed by atoms with Gasteiger partial charge in [0.05, 0.1) is 0 Å². The Balaban J connectivity index is 3.08. The number of nitrogens with two attached hydrogens (primary N) is 1. The van der Waals surface area contributed by atoms with Crippen molar-refractivity contribution in [3.8, 4) is 0 Å². The molecular weight excluding hydrogens is 98.9 g/mol. The summed E-state index contributed by atoms with van der Waals surface area (Å²) in [6.45, 7) is 0. The minimum absolute atomic E-state index is 0.588. The van der Waals surface area contributed by atoms with Crippen molar-refractivity contribution < 1.29 is 0 Å². The molecule has 0 fully saturated rings. The normalized spacial score (nSPS) is 9.00. The maximum Gasteiger partial charge on any atom is 0.164 e. The summed E-state index contributed by atoms with van der Waals surface area (Å²) in [5, 5.41) is 0. The average Bonchev–Trinajstić information content (AvgIpc) is 1.64. The molecule has 0 saturated heterocycles. The molecule has 0 aromatic carbocycles. The van der Waals surface area contributed by atoms with Crippen LogP contribution in [0.15, 0.2) is 18.2 Å². The zero-order chi connectivity index (χ0) is 5.98. The van der Waals surface area contributed by atoms with E-state index in [1.54, 1.807) is 6.07 Å². The maximum atomic E-state index is 5.35. The van der Waals surface area contributed by atoms with Crippen molar-refractivity contribution >= 4 is 19.3 Å². The first kappa shape index (κ1) is 5.16. The van der Waals surface area contributed by atoms with Gasteiger partial charge in [0.2, 0.25) is 0 Å². The van der Waals surface area contributed by atoms with E-state index in [4.69, 9.17) is 5.73 Å². The summed E-state index contributed by atoms with van der Waals surface area (Å²) >= 11 is 0. The van der Waals surface area contributed by atoms with E-state index in [0.29, 0.717) is 5.82 Å². The molecule has 1 aromatic rings. The van der Waals surface area contributed by atoms with Gasteiger partial charge in [-0.05, 0) is 11.7 Å². The van der Waals surface area contributed by atoms with Crippen LogP contribution in [0.25, 0.3) is 0 Å². The summed E-state index contributed by atoms with van der Waals surface area (Å²) in [7, 11) is 1.91. The van der Waals surface area contributed by atoms with Gasteiger partial charge in [-0.2, -0.15) is 0 Å². The van der Waals surface area contributed by atoms with Crippen LogP contribution in [-0.2, 0) is 0 Å². The molecule has 0 spiro atoms.